The molecule has 1 saturated heterocycles. The van der Waals surface area contributed by atoms with Crippen LogP contribution in [-0.4, -0.2) is 43.9 Å². The minimum absolute atomic E-state index is 0.264. The van der Waals surface area contributed by atoms with Gasteiger partial charge in [0.1, 0.15) is 5.69 Å². The predicted octanol–water partition coefficient (Wildman–Crippen LogP) is 1.53. The Morgan fingerprint density at radius 1 is 1.43 bits per heavy atom. The molecule has 1 atom stereocenters. The van der Waals surface area contributed by atoms with Crippen LogP contribution < -0.4 is 10.5 Å². The lowest BCUT2D eigenvalue weighted by Gasteiger charge is -2.33. The second-order valence-electron chi connectivity index (χ2n) is 5.79. The van der Waals surface area contributed by atoms with Crippen LogP contribution in [0.5, 0.6) is 0 Å². The van der Waals surface area contributed by atoms with Crippen LogP contribution in [0.3, 0.4) is 0 Å². The van der Waals surface area contributed by atoms with E-state index in [0.29, 0.717) is 18.3 Å². The van der Waals surface area contributed by atoms with Crippen molar-refractivity contribution in [2.24, 2.45) is 5.14 Å². The van der Waals surface area contributed by atoms with E-state index in [1.807, 2.05) is 0 Å². The minimum Gasteiger partial charge on any atom is -0.378 e. The lowest BCUT2D eigenvalue weighted by atomic mass is 10.0. The number of nitrogens with zero attached hydrogens (tertiary/aromatic N) is 2. The summed E-state index contributed by atoms with van der Waals surface area (Å²) in [5.41, 5.74) is 0.00952. The molecule has 0 aliphatic carbocycles. The zero-order valence-corrected chi connectivity index (χ0v) is 13.9. The Hall–Kier alpha value is -1.71. The zero-order chi connectivity index (χ0) is 17.0. The molecule has 0 spiro atoms. The summed E-state index contributed by atoms with van der Waals surface area (Å²) in [4.78, 5) is 12.6. The largest absolute Gasteiger partial charge is 0.378 e. The molecule has 1 aromatic carbocycles. The second-order valence-corrected chi connectivity index (χ2v) is 7.35. The number of benzene rings is 1. The van der Waals surface area contributed by atoms with E-state index in [2.05, 4.69) is 17.1 Å². The van der Waals surface area contributed by atoms with Gasteiger partial charge in [-0.25, -0.2) is 13.6 Å². The normalized spacial score (nSPS) is 19.5. The van der Waals surface area contributed by atoms with Crippen LogP contribution in [0.15, 0.2) is 23.1 Å². The van der Waals surface area contributed by atoms with Crippen molar-refractivity contribution in [3.63, 3.8) is 0 Å². The number of hydrogen-bond acceptors (Lipinski definition) is 6. The second kappa shape index (κ2) is 7.24. The SMILES string of the molecule is C[C@H]1CCCCN1CCNc1ccc(S(N)(=O)=O)cc1[N+](=O)[O-]. The summed E-state index contributed by atoms with van der Waals surface area (Å²) in [7, 11) is -3.96. The molecule has 0 amide bonds. The van der Waals surface area contributed by atoms with Crippen LogP contribution in [-0.2, 0) is 10.0 Å². The molecule has 2 rings (SSSR count). The molecule has 0 aromatic heterocycles. The highest BCUT2D eigenvalue weighted by Gasteiger charge is 2.20. The van der Waals surface area contributed by atoms with Crippen LogP contribution in [0, 0.1) is 10.1 Å². The van der Waals surface area contributed by atoms with E-state index in [0.717, 1.165) is 19.2 Å². The fourth-order valence-electron chi connectivity index (χ4n) is 2.81. The molecule has 23 heavy (non-hydrogen) atoms. The number of piperidine rings is 1. The van der Waals surface area contributed by atoms with Gasteiger partial charge in [0.05, 0.1) is 9.82 Å². The van der Waals surface area contributed by atoms with Gasteiger partial charge in [0, 0.05) is 25.2 Å². The minimum atomic E-state index is -3.96. The zero-order valence-electron chi connectivity index (χ0n) is 13.1. The standard InChI is InChI=1S/C14H22N4O4S/c1-11-4-2-3-8-17(11)9-7-16-13-6-5-12(23(15,21)22)10-14(13)18(19)20/h5-6,10-11,16H,2-4,7-9H2,1H3,(H2,15,21,22)/t11-/m0/s1. The average molecular weight is 342 g/mol. The number of primary sulfonamides is 1. The van der Waals surface area contributed by atoms with Crippen molar-refractivity contribution in [3.8, 4) is 0 Å². The topological polar surface area (TPSA) is 119 Å². The first-order valence-corrected chi connectivity index (χ1v) is 9.13. The molecular weight excluding hydrogens is 320 g/mol. The molecule has 8 nitrogen and oxygen atoms in total. The molecule has 1 aliphatic heterocycles. The maximum absolute atomic E-state index is 11.3. The van der Waals surface area contributed by atoms with E-state index in [9.17, 15) is 18.5 Å². The molecule has 9 heteroatoms. The summed E-state index contributed by atoms with van der Waals surface area (Å²) in [6, 6.07) is 4.16. The smallest absolute Gasteiger partial charge is 0.293 e. The summed E-state index contributed by atoms with van der Waals surface area (Å²) < 4.78 is 22.6. The molecule has 1 aliphatic rings. The van der Waals surface area contributed by atoms with E-state index in [4.69, 9.17) is 5.14 Å². The van der Waals surface area contributed by atoms with Crippen molar-refractivity contribution >= 4 is 21.4 Å². The number of nitrogens with one attached hydrogen (secondary N) is 1. The molecule has 1 fully saturated rings. The maximum atomic E-state index is 11.3. The highest BCUT2D eigenvalue weighted by atomic mass is 32.2. The first-order chi connectivity index (χ1) is 10.8. The number of rotatable bonds is 6. The number of likely N-dealkylation sites (tertiary alicyclic amines) is 1. The monoisotopic (exact) mass is 342 g/mol. The summed E-state index contributed by atoms with van der Waals surface area (Å²) in [5, 5.41) is 19.2. The Labute approximate surface area is 135 Å². The van der Waals surface area contributed by atoms with Gasteiger partial charge in [0.2, 0.25) is 10.0 Å². The molecule has 1 heterocycles. The fraction of sp³-hybridized carbons (Fsp3) is 0.571. The van der Waals surface area contributed by atoms with E-state index >= 15 is 0 Å². The Morgan fingerprint density at radius 2 is 2.17 bits per heavy atom. The van der Waals surface area contributed by atoms with Gasteiger partial charge in [-0.15, -0.1) is 0 Å². The number of hydrogen-bond donors (Lipinski definition) is 2. The summed E-state index contributed by atoms with van der Waals surface area (Å²) in [6.45, 7) is 4.56. The van der Waals surface area contributed by atoms with E-state index < -0.39 is 14.9 Å². The van der Waals surface area contributed by atoms with Gasteiger partial charge in [0.25, 0.3) is 5.69 Å². The van der Waals surface area contributed by atoms with Crippen molar-refractivity contribution < 1.29 is 13.3 Å². The van der Waals surface area contributed by atoms with Gasteiger partial charge in [-0.05, 0) is 38.4 Å². The molecule has 0 saturated carbocycles. The summed E-state index contributed by atoms with van der Waals surface area (Å²) in [6.07, 6.45) is 3.59. The lowest BCUT2D eigenvalue weighted by Crippen LogP contribution is -2.40. The van der Waals surface area contributed by atoms with Crippen LogP contribution in [0.4, 0.5) is 11.4 Å². The fourth-order valence-corrected chi connectivity index (χ4v) is 3.35. The van der Waals surface area contributed by atoms with E-state index in [1.54, 1.807) is 0 Å². The third kappa shape index (κ3) is 4.63. The van der Waals surface area contributed by atoms with Gasteiger partial charge in [-0.3, -0.25) is 15.0 Å². The van der Waals surface area contributed by atoms with E-state index in [1.165, 1.54) is 31.4 Å². The first kappa shape index (κ1) is 17.6. The number of sulfonamides is 1. The molecule has 0 radical (unpaired) electrons. The molecule has 0 bridgehead atoms. The van der Waals surface area contributed by atoms with Crippen molar-refractivity contribution in [2.75, 3.05) is 25.0 Å². The summed E-state index contributed by atoms with van der Waals surface area (Å²) in [5.74, 6) is 0. The quantitative estimate of drug-likeness (QED) is 0.598. The molecular formula is C14H22N4O4S. The maximum Gasteiger partial charge on any atom is 0.293 e. The van der Waals surface area contributed by atoms with Crippen molar-refractivity contribution in [1.29, 1.82) is 0 Å². The number of nitro groups is 1. The summed E-state index contributed by atoms with van der Waals surface area (Å²) >= 11 is 0. The molecule has 3 N–H and O–H groups in total. The molecule has 0 unspecified atom stereocenters. The Kier molecular flexibility index (Phi) is 5.55. The third-order valence-corrected chi connectivity index (χ3v) is 5.06. The first-order valence-electron chi connectivity index (χ1n) is 7.58. The van der Waals surface area contributed by atoms with Crippen molar-refractivity contribution in [1.82, 2.24) is 4.90 Å². The molecule has 128 valence electrons. The Balaban J connectivity index is 2.06. The third-order valence-electron chi connectivity index (χ3n) is 4.15. The van der Waals surface area contributed by atoms with Crippen molar-refractivity contribution in [2.45, 2.75) is 37.1 Å². The van der Waals surface area contributed by atoms with Gasteiger partial charge in [-0.1, -0.05) is 6.42 Å². The number of anilines is 1. The number of nitrogens with two attached hydrogens (primary N) is 1. The van der Waals surface area contributed by atoms with Crippen LogP contribution in [0.1, 0.15) is 26.2 Å². The Morgan fingerprint density at radius 3 is 2.78 bits per heavy atom. The predicted molar refractivity (Wildman–Crippen MR) is 87.8 cm³/mol. The van der Waals surface area contributed by atoms with Crippen molar-refractivity contribution in [3.05, 3.63) is 28.3 Å². The van der Waals surface area contributed by atoms with Crippen LogP contribution >= 0.6 is 0 Å². The highest BCUT2D eigenvalue weighted by Crippen LogP contribution is 2.27. The Bertz CT molecular complexity index is 677. The van der Waals surface area contributed by atoms with Crippen LogP contribution in [0.2, 0.25) is 0 Å². The van der Waals surface area contributed by atoms with Crippen LogP contribution in [0.25, 0.3) is 0 Å². The average Bonchev–Trinajstić information content (AvgIpc) is 2.48. The highest BCUT2D eigenvalue weighted by molar-refractivity contribution is 7.89. The number of nitro benzene ring substituents is 1. The van der Waals surface area contributed by atoms with Gasteiger partial charge >= 0.3 is 0 Å². The van der Waals surface area contributed by atoms with Gasteiger partial charge < -0.3 is 5.32 Å². The van der Waals surface area contributed by atoms with Gasteiger partial charge in [0.15, 0.2) is 0 Å². The van der Waals surface area contributed by atoms with Gasteiger partial charge in [-0.2, -0.15) is 0 Å². The van der Waals surface area contributed by atoms with E-state index in [-0.39, 0.29) is 10.6 Å². The lowest BCUT2D eigenvalue weighted by molar-refractivity contribution is -0.384. The molecule has 1 aromatic rings.